The summed E-state index contributed by atoms with van der Waals surface area (Å²) in [5.41, 5.74) is 1.51. The Balaban J connectivity index is 1.95. The van der Waals surface area contributed by atoms with E-state index in [2.05, 4.69) is 10.3 Å². The van der Waals surface area contributed by atoms with E-state index in [9.17, 15) is 13.5 Å². The van der Waals surface area contributed by atoms with Crippen LogP contribution in [0.15, 0.2) is 59.5 Å². The van der Waals surface area contributed by atoms with E-state index in [1.807, 2.05) is 6.07 Å². The molecule has 0 saturated carbocycles. The largest absolute Gasteiger partial charge is 0.508 e. The summed E-state index contributed by atoms with van der Waals surface area (Å²) >= 11 is 0. The topological polar surface area (TPSA) is 79.3 Å². The molecule has 22 heavy (non-hydrogen) atoms. The summed E-state index contributed by atoms with van der Waals surface area (Å²) in [7, 11) is -3.22. The van der Waals surface area contributed by atoms with Gasteiger partial charge in [0.05, 0.1) is 10.4 Å². The first-order chi connectivity index (χ1) is 10.4. The van der Waals surface area contributed by atoms with E-state index in [1.54, 1.807) is 48.5 Å². The molecule has 0 aliphatic heterocycles. The lowest BCUT2D eigenvalue weighted by molar-refractivity contribution is 0.475. The van der Waals surface area contributed by atoms with E-state index < -0.39 is 9.84 Å². The Morgan fingerprint density at radius 2 is 1.73 bits per heavy atom. The second-order valence-corrected chi connectivity index (χ2v) is 7.01. The summed E-state index contributed by atoms with van der Waals surface area (Å²) in [5, 5.41) is 13.2. The van der Waals surface area contributed by atoms with Crippen molar-refractivity contribution in [3.8, 4) is 5.75 Å². The molecule has 0 spiro atoms. The molecule has 1 heterocycles. The summed E-state index contributed by atoms with van der Waals surface area (Å²) in [4.78, 5) is 4.73. The van der Waals surface area contributed by atoms with Gasteiger partial charge in [-0.2, -0.15) is 0 Å². The number of nitrogens with one attached hydrogen (secondary N) is 1. The zero-order valence-corrected chi connectivity index (χ0v) is 12.6. The Morgan fingerprint density at radius 1 is 1.00 bits per heavy atom. The number of aromatic hydroxyl groups is 1. The maximum atomic E-state index is 11.6. The number of pyridine rings is 1. The highest BCUT2D eigenvalue weighted by molar-refractivity contribution is 7.90. The van der Waals surface area contributed by atoms with Crippen molar-refractivity contribution in [2.45, 2.75) is 4.90 Å². The third-order valence-electron chi connectivity index (χ3n) is 3.23. The van der Waals surface area contributed by atoms with E-state index in [0.29, 0.717) is 11.3 Å². The van der Waals surface area contributed by atoms with Crippen molar-refractivity contribution in [2.24, 2.45) is 0 Å². The summed E-state index contributed by atoms with van der Waals surface area (Å²) in [6.07, 6.45) is 1.18. The average molecular weight is 314 g/mol. The Morgan fingerprint density at radius 3 is 2.41 bits per heavy atom. The van der Waals surface area contributed by atoms with Gasteiger partial charge in [0.15, 0.2) is 9.84 Å². The highest BCUT2D eigenvalue weighted by Crippen LogP contribution is 2.22. The molecular weight excluding hydrogens is 300 g/mol. The number of hydrogen-bond acceptors (Lipinski definition) is 5. The van der Waals surface area contributed by atoms with E-state index in [1.165, 1.54) is 6.26 Å². The third kappa shape index (κ3) is 3.01. The molecule has 2 aromatic carbocycles. The van der Waals surface area contributed by atoms with Crippen LogP contribution in [0.1, 0.15) is 0 Å². The van der Waals surface area contributed by atoms with E-state index in [0.717, 1.165) is 11.1 Å². The van der Waals surface area contributed by atoms with Crippen molar-refractivity contribution in [1.29, 1.82) is 0 Å². The van der Waals surface area contributed by atoms with Crippen LogP contribution in [-0.2, 0) is 9.84 Å². The van der Waals surface area contributed by atoms with Crippen LogP contribution >= 0.6 is 0 Å². The maximum absolute atomic E-state index is 11.6. The van der Waals surface area contributed by atoms with Gasteiger partial charge in [0.2, 0.25) is 0 Å². The number of fused-ring (bicyclic) bond motifs is 1. The summed E-state index contributed by atoms with van der Waals surface area (Å²) < 4.78 is 23.1. The van der Waals surface area contributed by atoms with Crippen LogP contribution in [0.5, 0.6) is 5.75 Å². The number of aromatic nitrogens is 1. The number of hydrogen-bond donors (Lipinski definition) is 2. The number of phenolic OH excluding ortho intramolecular Hbond substituents is 1. The molecular formula is C16H14N2O3S. The lowest BCUT2D eigenvalue weighted by atomic mass is 10.2. The lowest BCUT2D eigenvalue weighted by Gasteiger charge is -2.07. The molecule has 0 radical (unpaired) electrons. The van der Waals surface area contributed by atoms with E-state index in [-0.39, 0.29) is 10.6 Å². The number of benzene rings is 2. The van der Waals surface area contributed by atoms with Gasteiger partial charge in [-0.1, -0.05) is 0 Å². The van der Waals surface area contributed by atoms with Crippen molar-refractivity contribution < 1.29 is 13.5 Å². The van der Waals surface area contributed by atoms with Gasteiger partial charge < -0.3 is 10.4 Å². The number of nitrogens with zero attached hydrogens (tertiary/aromatic N) is 1. The fourth-order valence-corrected chi connectivity index (χ4v) is 2.75. The third-order valence-corrected chi connectivity index (χ3v) is 4.34. The minimum Gasteiger partial charge on any atom is -0.508 e. The van der Waals surface area contributed by atoms with E-state index in [4.69, 9.17) is 0 Å². The average Bonchev–Trinajstić information content (AvgIpc) is 2.48. The van der Waals surface area contributed by atoms with Crippen molar-refractivity contribution in [1.82, 2.24) is 4.98 Å². The van der Waals surface area contributed by atoms with Crippen LogP contribution in [0.3, 0.4) is 0 Å². The molecule has 5 nitrogen and oxygen atoms in total. The molecule has 6 heteroatoms. The van der Waals surface area contributed by atoms with Crippen molar-refractivity contribution in [3.05, 3.63) is 54.6 Å². The van der Waals surface area contributed by atoms with E-state index >= 15 is 0 Å². The normalized spacial score (nSPS) is 11.5. The number of sulfone groups is 1. The van der Waals surface area contributed by atoms with Crippen LogP contribution < -0.4 is 5.32 Å². The standard InChI is InChI=1S/C16H14N2O3S/c1-22(20,21)14-7-8-15-11(10-14)2-9-16(18-15)17-12-3-5-13(19)6-4-12/h2-10,19H,1H3,(H,17,18). The molecule has 3 aromatic rings. The molecule has 0 aliphatic rings. The molecule has 0 bridgehead atoms. The fraction of sp³-hybridized carbons (Fsp3) is 0.0625. The van der Waals surface area contributed by atoms with Crippen LogP contribution in [0, 0.1) is 0 Å². The van der Waals surface area contributed by atoms with Gasteiger partial charge in [-0.05, 0) is 54.6 Å². The van der Waals surface area contributed by atoms with Crippen LogP contribution in [-0.4, -0.2) is 24.8 Å². The molecule has 0 unspecified atom stereocenters. The summed E-state index contributed by atoms with van der Waals surface area (Å²) in [6.45, 7) is 0. The molecule has 0 fully saturated rings. The minimum absolute atomic E-state index is 0.199. The summed E-state index contributed by atoms with van der Waals surface area (Å²) in [6, 6.07) is 15.1. The molecule has 112 valence electrons. The SMILES string of the molecule is CS(=O)(=O)c1ccc2nc(Nc3ccc(O)cc3)ccc2c1. The number of anilines is 2. The quantitative estimate of drug-likeness (QED) is 0.726. The monoisotopic (exact) mass is 314 g/mol. The smallest absolute Gasteiger partial charge is 0.175 e. The Hall–Kier alpha value is -2.60. The molecule has 0 atom stereocenters. The number of rotatable bonds is 3. The predicted octanol–water partition coefficient (Wildman–Crippen LogP) is 3.09. The van der Waals surface area contributed by atoms with Gasteiger partial charge in [-0.3, -0.25) is 0 Å². The zero-order valence-electron chi connectivity index (χ0n) is 11.8. The second kappa shape index (κ2) is 5.31. The predicted molar refractivity (Wildman–Crippen MR) is 86.2 cm³/mol. The number of phenols is 1. The second-order valence-electron chi connectivity index (χ2n) is 5.00. The highest BCUT2D eigenvalue weighted by Gasteiger charge is 2.08. The zero-order chi connectivity index (χ0) is 15.7. The van der Waals surface area contributed by atoms with Crippen LogP contribution in [0.2, 0.25) is 0 Å². The first-order valence-corrected chi connectivity index (χ1v) is 8.48. The van der Waals surface area contributed by atoms with Crippen molar-refractivity contribution in [3.63, 3.8) is 0 Å². The molecule has 0 amide bonds. The highest BCUT2D eigenvalue weighted by atomic mass is 32.2. The lowest BCUT2D eigenvalue weighted by Crippen LogP contribution is -1.97. The van der Waals surface area contributed by atoms with Gasteiger partial charge in [0.1, 0.15) is 11.6 Å². The van der Waals surface area contributed by atoms with Crippen molar-refractivity contribution in [2.75, 3.05) is 11.6 Å². The Kier molecular flexibility index (Phi) is 3.46. The Bertz CT molecular complexity index is 935. The molecule has 0 saturated heterocycles. The molecule has 0 aliphatic carbocycles. The first kappa shape index (κ1) is 14.3. The van der Waals surface area contributed by atoms with Crippen LogP contribution in [0.25, 0.3) is 10.9 Å². The summed E-state index contributed by atoms with van der Waals surface area (Å²) in [5.74, 6) is 0.843. The van der Waals surface area contributed by atoms with Gasteiger partial charge in [0, 0.05) is 17.3 Å². The van der Waals surface area contributed by atoms with Gasteiger partial charge in [0.25, 0.3) is 0 Å². The van der Waals surface area contributed by atoms with Gasteiger partial charge in [-0.25, -0.2) is 13.4 Å². The van der Waals surface area contributed by atoms with Crippen molar-refractivity contribution >= 4 is 32.2 Å². The molecule has 1 aromatic heterocycles. The van der Waals surface area contributed by atoms with Gasteiger partial charge in [-0.15, -0.1) is 0 Å². The maximum Gasteiger partial charge on any atom is 0.175 e. The van der Waals surface area contributed by atoms with Crippen LogP contribution in [0.4, 0.5) is 11.5 Å². The fourth-order valence-electron chi connectivity index (χ4n) is 2.10. The molecule has 3 rings (SSSR count). The molecule has 2 N–H and O–H groups in total. The minimum atomic E-state index is -3.22. The first-order valence-electron chi connectivity index (χ1n) is 6.59. The van der Waals surface area contributed by atoms with Gasteiger partial charge >= 0.3 is 0 Å². The Labute approximate surface area is 128 Å².